The maximum atomic E-state index is 13.0. The van der Waals surface area contributed by atoms with Crippen molar-refractivity contribution >= 4 is 34.7 Å². The Balaban J connectivity index is 1.56. The number of amides is 1. The third-order valence-corrected chi connectivity index (χ3v) is 8.50. The summed E-state index contributed by atoms with van der Waals surface area (Å²) in [6.45, 7) is 7.44. The molecule has 3 atom stereocenters. The normalized spacial score (nSPS) is 29.5. The van der Waals surface area contributed by atoms with Crippen LogP contribution in [0.4, 0.5) is 4.79 Å². The van der Waals surface area contributed by atoms with E-state index < -0.39 is 0 Å². The summed E-state index contributed by atoms with van der Waals surface area (Å²) < 4.78 is 13.7. The summed E-state index contributed by atoms with van der Waals surface area (Å²) >= 11 is 2.19. The molecule has 192 valence electrons. The molecule has 0 aromatic rings. The number of piperazine rings is 1. The van der Waals surface area contributed by atoms with Crippen molar-refractivity contribution in [1.82, 2.24) is 9.80 Å². The first-order chi connectivity index (χ1) is 16.5. The zero-order chi connectivity index (χ0) is 24.3. The molecule has 1 aliphatic carbocycles. The lowest BCUT2D eigenvalue weighted by atomic mass is 9.97. The first-order valence-electron chi connectivity index (χ1n) is 13.3. The number of ether oxygens (including phenoxy) is 2. The number of carbonyl (C=O) groups excluding carboxylic acids is 2. The molecule has 1 saturated carbocycles. The molecule has 0 bridgehead atoms. The molecule has 2 aliphatic heterocycles. The van der Waals surface area contributed by atoms with Crippen molar-refractivity contribution in [1.29, 1.82) is 0 Å². The standard InChI is InChI=1S/C27H43IN2O4/c1-21-14-15-24(12-8-5-9-13-25(31)34-26(21)22(2)20-28)33-27(32)30-18-16-29(17-19-30)23-10-6-3-4-7-11-23/h14-15,20-21,23-24,26H,3-13,16-19H2,1-2H3/t21-,24+,26-/m0/s1. The predicted molar refractivity (Wildman–Crippen MR) is 144 cm³/mol. The third kappa shape index (κ3) is 8.54. The van der Waals surface area contributed by atoms with Crippen LogP contribution < -0.4 is 0 Å². The van der Waals surface area contributed by atoms with E-state index in [0.717, 1.165) is 57.4 Å². The molecule has 34 heavy (non-hydrogen) atoms. The predicted octanol–water partition coefficient (Wildman–Crippen LogP) is 6.24. The van der Waals surface area contributed by atoms with Crippen LogP contribution in [0.15, 0.2) is 21.8 Å². The maximum absolute atomic E-state index is 13.0. The van der Waals surface area contributed by atoms with Crippen LogP contribution in [0, 0.1) is 5.92 Å². The highest BCUT2D eigenvalue weighted by Crippen LogP contribution is 2.25. The number of hydrogen-bond acceptors (Lipinski definition) is 5. The van der Waals surface area contributed by atoms with E-state index in [0.29, 0.717) is 12.5 Å². The van der Waals surface area contributed by atoms with Gasteiger partial charge in [-0.1, -0.05) is 67.7 Å². The highest BCUT2D eigenvalue weighted by molar-refractivity contribution is 14.1. The summed E-state index contributed by atoms with van der Waals surface area (Å²) in [4.78, 5) is 29.7. The maximum Gasteiger partial charge on any atom is 0.410 e. The summed E-state index contributed by atoms with van der Waals surface area (Å²) in [6.07, 6.45) is 15.3. The Kier molecular flexibility index (Phi) is 11.7. The first-order valence-corrected chi connectivity index (χ1v) is 14.6. The van der Waals surface area contributed by atoms with E-state index in [1.165, 1.54) is 38.5 Å². The fraction of sp³-hybridized carbons (Fsp3) is 0.778. The van der Waals surface area contributed by atoms with Crippen LogP contribution in [-0.4, -0.2) is 66.3 Å². The number of cyclic esters (lactones) is 1. The van der Waals surface area contributed by atoms with E-state index >= 15 is 0 Å². The van der Waals surface area contributed by atoms with Gasteiger partial charge in [0.05, 0.1) is 0 Å². The van der Waals surface area contributed by atoms with Gasteiger partial charge in [-0.05, 0) is 54.8 Å². The van der Waals surface area contributed by atoms with Gasteiger partial charge in [0, 0.05) is 44.6 Å². The molecule has 6 nitrogen and oxygen atoms in total. The fourth-order valence-electron chi connectivity index (χ4n) is 5.36. The van der Waals surface area contributed by atoms with E-state index in [1.54, 1.807) is 0 Å². The molecule has 1 saturated heterocycles. The van der Waals surface area contributed by atoms with Crippen LogP contribution >= 0.6 is 22.6 Å². The van der Waals surface area contributed by atoms with Gasteiger partial charge in [0.25, 0.3) is 0 Å². The van der Waals surface area contributed by atoms with Crippen molar-refractivity contribution in [2.75, 3.05) is 26.2 Å². The zero-order valence-corrected chi connectivity index (χ0v) is 23.2. The van der Waals surface area contributed by atoms with E-state index in [-0.39, 0.29) is 30.2 Å². The summed E-state index contributed by atoms with van der Waals surface area (Å²) in [6, 6.07) is 0.693. The molecule has 2 fully saturated rings. The van der Waals surface area contributed by atoms with Crippen molar-refractivity contribution in [3.8, 4) is 0 Å². The van der Waals surface area contributed by atoms with Crippen molar-refractivity contribution in [3.63, 3.8) is 0 Å². The second-order valence-electron chi connectivity index (χ2n) is 10.2. The van der Waals surface area contributed by atoms with Crippen LogP contribution in [0.1, 0.15) is 84.5 Å². The van der Waals surface area contributed by atoms with Gasteiger partial charge in [0.2, 0.25) is 0 Å². The lowest BCUT2D eigenvalue weighted by Crippen LogP contribution is -2.52. The van der Waals surface area contributed by atoms with Crippen LogP contribution in [0.25, 0.3) is 0 Å². The lowest BCUT2D eigenvalue weighted by Gasteiger charge is -2.39. The molecular weight excluding hydrogens is 543 g/mol. The topological polar surface area (TPSA) is 59.1 Å². The summed E-state index contributed by atoms with van der Waals surface area (Å²) in [7, 11) is 0. The van der Waals surface area contributed by atoms with Gasteiger partial charge in [-0.3, -0.25) is 9.69 Å². The van der Waals surface area contributed by atoms with Crippen LogP contribution in [0.3, 0.4) is 0 Å². The summed E-state index contributed by atoms with van der Waals surface area (Å²) in [5.74, 6) is -0.117. The van der Waals surface area contributed by atoms with Crippen molar-refractivity contribution in [3.05, 3.63) is 21.8 Å². The molecule has 0 unspecified atom stereocenters. The highest BCUT2D eigenvalue weighted by Gasteiger charge is 2.28. The second kappa shape index (κ2) is 14.5. The Morgan fingerprint density at radius 1 is 1.00 bits per heavy atom. The van der Waals surface area contributed by atoms with Gasteiger partial charge in [0.15, 0.2) is 0 Å². The minimum atomic E-state index is -0.284. The second-order valence-corrected chi connectivity index (χ2v) is 10.8. The SMILES string of the molecule is CC(=CI)[C@H]1OC(=O)CCCCC[C@@H](OC(=O)N2CCN(C3CCCCCC3)CC2)C=C[C@@H]1C. The number of hydrogen-bond donors (Lipinski definition) is 0. The molecular formula is C27H43IN2O4. The summed E-state index contributed by atoms with van der Waals surface area (Å²) in [5.41, 5.74) is 1.03. The van der Waals surface area contributed by atoms with Gasteiger partial charge in [-0.2, -0.15) is 0 Å². The Morgan fingerprint density at radius 2 is 1.65 bits per heavy atom. The molecule has 2 heterocycles. The fourth-order valence-corrected chi connectivity index (χ4v) is 5.71. The Labute approximate surface area is 219 Å². The van der Waals surface area contributed by atoms with E-state index in [4.69, 9.17) is 9.47 Å². The average molecular weight is 587 g/mol. The molecule has 7 heteroatoms. The minimum Gasteiger partial charge on any atom is -0.457 e. The molecule has 0 N–H and O–H groups in total. The number of esters is 1. The van der Waals surface area contributed by atoms with Crippen molar-refractivity contribution < 1.29 is 19.1 Å². The quantitative estimate of drug-likeness (QED) is 0.170. The Morgan fingerprint density at radius 3 is 2.32 bits per heavy atom. The molecule has 3 rings (SSSR count). The van der Waals surface area contributed by atoms with Crippen molar-refractivity contribution in [2.24, 2.45) is 5.92 Å². The molecule has 1 amide bonds. The van der Waals surface area contributed by atoms with E-state index in [1.807, 2.05) is 28.1 Å². The molecule has 0 aromatic carbocycles. The number of halogens is 1. The van der Waals surface area contributed by atoms with Crippen LogP contribution in [0.5, 0.6) is 0 Å². The average Bonchev–Trinajstić information content (AvgIpc) is 3.13. The van der Waals surface area contributed by atoms with Crippen LogP contribution in [-0.2, 0) is 14.3 Å². The molecule has 0 spiro atoms. The molecule has 0 aromatic heterocycles. The Bertz CT molecular complexity index is 709. The smallest absolute Gasteiger partial charge is 0.410 e. The first kappa shape index (κ1) is 27.5. The highest BCUT2D eigenvalue weighted by atomic mass is 127. The van der Waals surface area contributed by atoms with Gasteiger partial charge < -0.3 is 14.4 Å². The van der Waals surface area contributed by atoms with Gasteiger partial charge >= 0.3 is 12.1 Å². The minimum absolute atomic E-state index is 0.0127. The third-order valence-electron chi connectivity index (χ3n) is 7.52. The van der Waals surface area contributed by atoms with Gasteiger partial charge in [-0.25, -0.2) is 4.79 Å². The van der Waals surface area contributed by atoms with Crippen LogP contribution in [0.2, 0.25) is 0 Å². The number of rotatable bonds is 3. The van der Waals surface area contributed by atoms with Gasteiger partial charge in [-0.15, -0.1) is 0 Å². The monoisotopic (exact) mass is 586 g/mol. The van der Waals surface area contributed by atoms with E-state index in [2.05, 4.69) is 34.4 Å². The molecule has 0 radical (unpaired) electrons. The molecule has 3 aliphatic rings. The van der Waals surface area contributed by atoms with Crippen molar-refractivity contribution in [2.45, 2.75) is 103 Å². The Hall–Kier alpha value is -1.09. The largest absolute Gasteiger partial charge is 0.457 e. The number of nitrogens with zero attached hydrogens (tertiary/aromatic N) is 2. The number of carbonyl (C=O) groups is 2. The van der Waals surface area contributed by atoms with E-state index in [9.17, 15) is 9.59 Å². The zero-order valence-electron chi connectivity index (χ0n) is 21.1. The van der Waals surface area contributed by atoms with Gasteiger partial charge in [0.1, 0.15) is 12.2 Å². The lowest BCUT2D eigenvalue weighted by molar-refractivity contribution is -0.148. The summed E-state index contributed by atoms with van der Waals surface area (Å²) in [5, 5.41) is 0.